The van der Waals surface area contributed by atoms with Crippen molar-refractivity contribution in [3.63, 3.8) is 0 Å². The Labute approximate surface area is 116 Å². The zero-order valence-corrected chi connectivity index (χ0v) is 12.4. The van der Waals surface area contributed by atoms with Crippen LogP contribution in [-0.4, -0.2) is 50.2 Å². The van der Waals surface area contributed by atoms with E-state index in [-0.39, 0.29) is 11.9 Å². The molecule has 1 amide bonds. The molecule has 0 aromatic heterocycles. The van der Waals surface area contributed by atoms with Crippen molar-refractivity contribution in [2.45, 2.75) is 45.1 Å². The average molecular weight is 268 g/mol. The van der Waals surface area contributed by atoms with Gasteiger partial charge in [-0.15, -0.1) is 0 Å². The van der Waals surface area contributed by atoms with Gasteiger partial charge >= 0.3 is 0 Å². The van der Waals surface area contributed by atoms with E-state index in [1.807, 2.05) is 11.9 Å². The van der Waals surface area contributed by atoms with Gasteiger partial charge in [-0.05, 0) is 44.1 Å². The monoisotopic (exact) mass is 268 g/mol. The third-order valence-electron chi connectivity index (χ3n) is 4.55. The predicted molar refractivity (Wildman–Crippen MR) is 76.0 cm³/mol. The molecular formula is C15H28N2O2. The predicted octanol–water partition coefficient (Wildman–Crippen LogP) is 1.65. The minimum absolute atomic E-state index is 0.0354. The van der Waals surface area contributed by atoms with E-state index in [4.69, 9.17) is 4.74 Å². The third-order valence-corrected chi connectivity index (χ3v) is 4.55. The van der Waals surface area contributed by atoms with Gasteiger partial charge in [-0.2, -0.15) is 0 Å². The molecule has 110 valence electrons. The van der Waals surface area contributed by atoms with E-state index in [0.717, 1.165) is 39.1 Å². The number of carbonyl (C=O) groups excluding carboxylic acids is 1. The highest BCUT2D eigenvalue weighted by Gasteiger charge is 2.29. The smallest absolute Gasteiger partial charge is 0.239 e. The number of hydrogen-bond donors (Lipinski definition) is 1. The molecule has 2 aliphatic rings. The first-order valence-electron chi connectivity index (χ1n) is 7.76. The summed E-state index contributed by atoms with van der Waals surface area (Å²) >= 11 is 0. The Hall–Kier alpha value is -0.610. The van der Waals surface area contributed by atoms with E-state index in [9.17, 15) is 4.79 Å². The number of rotatable bonds is 4. The standard InChI is InChI=1S/C15H28N2O2/c1-3-12-6-7-16-14(9-12)15(18)17(2)10-13-5-4-8-19-11-13/h12-14,16H,3-11H2,1-2H3. The molecule has 3 unspecified atom stereocenters. The SMILES string of the molecule is CCC1CCNC(C(=O)N(C)CC2CCCOC2)C1. The normalized spacial score (nSPS) is 32.0. The van der Waals surface area contributed by atoms with Crippen LogP contribution in [0.25, 0.3) is 0 Å². The van der Waals surface area contributed by atoms with E-state index < -0.39 is 0 Å². The van der Waals surface area contributed by atoms with Crippen molar-refractivity contribution in [1.82, 2.24) is 10.2 Å². The maximum absolute atomic E-state index is 12.5. The summed E-state index contributed by atoms with van der Waals surface area (Å²) in [5, 5.41) is 3.38. The molecule has 1 N–H and O–H groups in total. The van der Waals surface area contributed by atoms with Crippen molar-refractivity contribution in [3.05, 3.63) is 0 Å². The Morgan fingerprint density at radius 2 is 2.21 bits per heavy atom. The summed E-state index contributed by atoms with van der Waals surface area (Å²) in [5.74, 6) is 1.50. The Morgan fingerprint density at radius 1 is 1.37 bits per heavy atom. The molecule has 0 saturated carbocycles. The average Bonchev–Trinajstić information content (AvgIpc) is 2.47. The molecule has 0 aliphatic carbocycles. The summed E-state index contributed by atoms with van der Waals surface area (Å²) in [7, 11) is 1.94. The lowest BCUT2D eigenvalue weighted by Gasteiger charge is -2.33. The summed E-state index contributed by atoms with van der Waals surface area (Å²) in [6, 6.07) is 0.0354. The van der Waals surface area contributed by atoms with Gasteiger partial charge < -0.3 is 15.0 Å². The molecule has 3 atom stereocenters. The summed E-state index contributed by atoms with van der Waals surface area (Å²) < 4.78 is 5.49. The van der Waals surface area contributed by atoms with Gasteiger partial charge in [0.15, 0.2) is 0 Å². The lowest BCUT2D eigenvalue weighted by Crippen LogP contribution is -2.50. The highest BCUT2D eigenvalue weighted by molar-refractivity contribution is 5.81. The van der Waals surface area contributed by atoms with Gasteiger partial charge in [0.05, 0.1) is 12.6 Å². The molecule has 4 heteroatoms. The van der Waals surface area contributed by atoms with Crippen molar-refractivity contribution in [1.29, 1.82) is 0 Å². The minimum atomic E-state index is 0.0354. The van der Waals surface area contributed by atoms with E-state index in [2.05, 4.69) is 12.2 Å². The fourth-order valence-electron chi connectivity index (χ4n) is 3.25. The van der Waals surface area contributed by atoms with E-state index >= 15 is 0 Å². The molecule has 2 aliphatic heterocycles. The van der Waals surface area contributed by atoms with Crippen molar-refractivity contribution in [2.24, 2.45) is 11.8 Å². The lowest BCUT2D eigenvalue weighted by atomic mass is 9.89. The Morgan fingerprint density at radius 3 is 2.89 bits per heavy atom. The third kappa shape index (κ3) is 4.18. The maximum Gasteiger partial charge on any atom is 0.239 e. The molecule has 0 aromatic carbocycles. The second-order valence-electron chi connectivity index (χ2n) is 6.11. The van der Waals surface area contributed by atoms with E-state index in [1.165, 1.54) is 19.3 Å². The van der Waals surface area contributed by atoms with Crippen LogP contribution in [0, 0.1) is 11.8 Å². The van der Waals surface area contributed by atoms with Crippen LogP contribution < -0.4 is 5.32 Å². The number of piperidine rings is 1. The van der Waals surface area contributed by atoms with Gasteiger partial charge in [-0.3, -0.25) is 4.79 Å². The minimum Gasteiger partial charge on any atom is -0.381 e. The second kappa shape index (κ2) is 7.25. The van der Waals surface area contributed by atoms with Gasteiger partial charge in [0.1, 0.15) is 0 Å². The molecule has 2 rings (SSSR count). The first kappa shape index (κ1) is 14.8. The van der Waals surface area contributed by atoms with Gasteiger partial charge in [-0.1, -0.05) is 13.3 Å². The number of nitrogens with zero attached hydrogens (tertiary/aromatic N) is 1. The molecule has 0 radical (unpaired) electrons. The van der Waals surface area contributed by atoms with Crippen LogP contribution in [0.3, 0.4) is 0 Å². The quantitative estimate of drug-likeness (QED) is 0.843. The molecule has 4 nitrogen and oxygen atoms in total. The number of likely N-dealkylation sites (N-methyl/N-ethyl adjacent to an activating group) is 1. The maximum atomic E-state index is 12.5. The Bertz CT molecular complexity index is 290. The summed E-state index contributed by atoms with van der Waals surface area (Å²) in [4.78, 5) is 14.4. The molecule has 2 heterocycles. The topological polar surface area (TPSA) is 41.6 Å². The molecule has 19 heavy (non-hydrogen) atoms. The van der Waals surface area contributed by atoms with Crippen LogP contribution in [0.1, 0.15) is 39.0 Å². The number of ether oxygens (including phenoxy) is 1. The van der Waals surface area contributed by atoms with E-state index in [1.54, 1.807) is 0 Å². The van der Waals surface area contributed by atoms with Crippen molar-refractivity contribution >= 4 is 5.91 Å². The van der Waals surface area contributed by atoms with E-state index in [0.29, 0.717) is 11.8 Å². The number of hydrogen-bond acceptors (Lipinski definition) is 3. The molecule has 0 bridgehead atoms. The summed E-state index contributed by atoms with van der Waals surface area (Å²) in [6.07, 6.45) is 5.71. The van der Waals surface area contributed by atoms with Gasteiger partial charge in [0.2, 0.25) is 5.91 Å². The molecule has 0 aromatic rings. The molecule has 2 fully saturated rings. The number of nitrogens with one attached hydrogen (secondary N) is 1. The lowest BCUT2D eigenvalue weighted by molar-refractivity contribution is -0.134. The first-order valence-corrected chi connectivity index (χ1v) is 7.76. The van der Waals surface area contributed by atoms with Crippen molar-refractivity contribution in [2.75, 3.05) is 33.4 Å². The highest BCUT2D eigenvalue weighted by Crippen LogP contribution is 2.21. The van der Waals surface area contributed by atoms with Crippen LogP contribution in [0.4, 0.5) is 0 Å². The number of amides is 1. The summed E-state index contributed by atoms with van der Waals surface area (Å²) in [6.45, 7) is 5.74. The zero-order chi connectivity index (χ0) is 13.7. The van der Waals surface area contributed by atoms with Crippen LogP contribution in [-0.2, 0) is 9.53 Å². The van der Waals surface area contributed by atoms with Gasteiger partial charge in [0, 0.05) is 20.2 Å². The fourth-order valence-corrected chi connectivity index (χ4v) is 3.25. The highest BCUT2D eigenvalue weighted by atomic mass is 16.5. The molecule has 2 saturated heterocycles. The number of carbonyl (C=O) groups is 1. The fraction of sp³-hybridized carbons (Fsp3) is 0.933. The Kier molecular flexibility index (Phi) is 5.64. The largest absolute Gasteiger partial charge is 0.381 e. The van der Waals surface area contributed by atoms with Gasteiger partial charge in [0.25, 0.3) is 0 Å². The summed E-state index contributed by atoms with van der Waals surface area (Å²) in [5.41, 5.74) is 0. The van der Waals surface area contributed by atoms with Crippen LogP contribution in [0.5, 0.6) is 0 Å². The van der Waals surface area contributed by atoms with Crippen LogP contribution >= 0.6 is 0 Å². The van der Waals surface area contributed by atoms with Gasteiger partial charge in [-0.25, -0.2) is 0 Å². The van der Waals surface area contributed by atoms with Crippen molar-refractivity contribution in [3.8, 4) is 0 Å². The van der Waals surface area contributed by atoms with Crippen molar-refractivity contribution < 1.29 is 9.53 Å². The zero-order valence-electron chi connectivity index (χ0n) is 12.4. The Balaban J connectivity index is 1.80. The van der Waals surface area contributed by atoms with Crippen LogP contribution in [0.15, 0.2) is 0 Å². The molecule has 0 spiro atoms. The second-order valence-corrected chi connectivity index (χ2v) is 6.11. The molecular weight excluding hydrogens is 240 g/mol. The first-order chi connectivity index (χ1) is 9.20. The van der Waals surface area contributed by atoms with Crippen LogP contribution in [0.2, 0.25) is 0 Å².